The fourth-order valence-corrected chi connectivity index (χ4v) is 1.72. The van der Waals surface area contributed by atoms with Gasteiger partial charge >= 0.3 is 0 Å². The molecule has 0 fully saturated rings. The number of anilines is 1. The Hall–Kier alpha value is -2.56. The Kier molecular flexibility index (Phi) is 4.55. The van der Waals surface area contributed by atoms with E-state index in [1.165, 1.54) is 0 Å². The van der Waals surface area contributed by atoms with Crippen LogP contribution in [0.25, 0.3) is 0 Å². The topological polar surface area (TPSA) is 63.2 Å². The van der Waals surface area contributed by atoms with Gasteiger partial charge in [0.15, 0.2) is 0 Å². The van der Waals surface area contributed by atoms with E-state index in [1.54, 1.807) is 32.5 Å². The van der Waals surface area contributed by atoms with Crippen molar-refractivity contribution in [2.75, 3.05) is 19.5 Å². The van der Waals surface area contributed by atoms with Crippen molar-refractivity contribution in [1.82, 2.24) is 10.3 Å². The molecule has 5 nitrogen and oxygen atoms in total. The molecular formula is C15H17N3O2. The summed E-state index contributed by atoms with van der Waals surface area (Å²) in [5, 5.41) is 5.86. The molecule has 2 aromatic rings. The van der Waals surface area contributed by atoms with Gasteiger partial charge in [-0.1, -0.05) is 6.07 Å². The molecule has 104 valence electrons. The number of pyridine rings is 1. The summed E-state index contributed by atoms with van der Waals surface area (Å²) in [6.07, 6.45) is 1.77. The van der Waals surface area contributed by atoms with Gasteiger partial charge in [-0.3, -0.25) is 4.79 Å². The number of methoxy groups -OCH3 is 1. The molecule has 2 rings (SSSR count). The van der Waals surface area contributed by atoms with Crippen molar-refractivity contribution >= 4 is 11.6 Å². The number of benzene rings is 1. The van der Waals surface area contributed by atoms with Crippen molar-refractivity contribution < 1.29 is 9.53 Å². The third-order valence-electron chi connectivity index (χ3n) is 2.88. The Morgan fingerprint density at radius 1 is 1.20 bits per heavy atom. The van der Waals surface area contributed by atoms with E-state index in [-0.39, 0.29) is 5.91 Å². The molecule has 0 spiro atoms. The van der Waals surface area contributed by atoms with E-state index >= 15 is 0 Å². The van der Waals surface area contributed by atoms with Gasteiger partial charge in [0.05, 0.1) is 7.11 Å². The molecule has 1 amide bonds. The number of carbonyl (C=O) groups is 1. The third kappa shape index (κ3) is 3.47. The van der Waals surface area contributed by atoms with Crippen LogP contribution < -0.4 is 15.4 Å². The number of ether oxygens (including phenoxy) is 1. The lowest BCUT2D eigenvalue weighted by Crippen LogP contribution is -2.17. The molecule has 0 atom stereocenters. The minimum Gasteiger partial charge on any atom is -0.481 e. The van der Waals surface area contributed by atoms with Gasteiger partial charge in [0.1, 0.15) is 0 Å². The van der Waals surface area contributed by atoms with Crippen LogP contribution >= 0.6 is 0 Å². The number of carbonyl (C=O) groups excluding carboxylic acids is 1. The van der Waals surface area contributed by atoms with Crippen LogP contribution in [-0.4, -0.2) is 25.0 Å². The first kappa shape index (κ1) is 13.9. The second kappa shape index (κ2) is 6.56. The van der Waals surface area contributed by atoms with Crippen LogP contribution in [-0.2, 0) is 6.54 Å². The molecule has 0 aliphatic heterocycles. The molecule has 0 saturated heterocycles. The Morgan fingerprint density at radius 2 is 1.95 bits per heavy atom. The molecular weight excluding hydrogens is 254 g/mol. The second-order valence-electron chi connectivity index (χ2n) is 4.22. The van der Waals surface area contributed by atoms with Crippen LogP contribution in [0.3, 0.4) is 0 Å². The molecule has 2 N–H and O–H groups in total. The van der Waals surface area contributed by atoms with E-state index in [0.29, 0.717) is 18.0 Å². The van der Waals surface area contributed by atoms with E-state index in [9.17, 15) is 4.79 Å². The van der Waals surface area contributed by atoms with Gasteiger partial charge in [0.25, 0.3) is 5.91 Å². The Bertz CT molecular complexity index is 565. The van der Waals surface area contributed by atoms with Crippen molar-refractivity contribution in [3.05, 3.63) is 53.7 Å². The maximum atomic E-state index is 11.4. The van der Waals surface area contributed by atoms with Gasteiger partial charge < -0.3 is 15.4 Å². The standard InChI is InChI=1S/C15H17N3O2/c1-16-15(19)12-4-6-13(7-5-12)17-9-11-3-8-14(20-2)18-10-11/h3-8,10,17H,9H2,1-2H3,(H,16,19). The lowest BCUT2D eigenvalue weighted by atomic mass is 10.2. The van der Waals surface area contributed by atoms with Gasteiger partial charge in [-0.15, -0.1) is 0 Å². The molecule has 0 aliphatic carbocycles. The largest absolute Gasteiger partial charge is 0.481 e. The van der Waals surface area contributed by atoms with Crippen molar-refractivity contribution in [2.45, 2.75) is 6.54 Å². The second-order valence-corrected chi connectivity index (χ2v) is 4.22. The molecule has 0 saturated carbocycles. The minimum atomic E-state index is -0.0871. The summed E-state index contributed by atoms with van der Waals surface area (Å²) < 4.78 is 5.01. The normalized spacial score (nSPS) is 9.90. The smallest absolute Gasteiger partial charge is 0.251 e. The number of hydrogen-bond donors (Lipinski definition) is 2. The fourth-order valence-electron chi connectivity index (χ4n) is 1.72. The van der Waals surface area contributed by atoms with Crippen molar-refractivity contribution in [3.8, 4) is 5.88 Å². The minimum absolute atomic E-state index is 0.0871. The average Bonchev–Trinajstić information content (AvgIpc) is 2.53. The van der Waals surface area contributed by atoms with E-state index in [2.05, 4.69) is 15.6 Å². The van der Waals surface area contributed by atoms with Gasteiger partial charge in [0, 0.05) is 37.1 Å². The molecule has 20 heavy (non-hydrogen) atoms. The predicted molar refractivity (Wildman–Crippen MR) is 77.9 cm³/mol. The summed E-state index contributed by atoms with van der Waals surface area (Å²) >= 11 is 0. The van der Waals surface area contributed by atoms with Crippen LogP contribution in [0.15, 0.2) is 42.6 Å². The number of rotatable bonds is 5. The summed E-state index contributed by atoms with van der Waals surface area (Å²) in [5.41, 5.74) is 2.65. The molecule has 1 aromatic carbocycles. The lowest BCUT2D eigenvalue weighted by molar-refractivity contribution is 0.0963. The lowest BCUT2D eigenvalue weighted by Gasteiger charge is -2.07. The number of hydrogen-bond acceptors (Lipinski definition) is 4. The first-order valence-corrected chi connectivity index (χ1v) is 6.28. The van der Waals surface area contributed by atoms with E-state index < -0.39 is 0 Å². The van der Waals surface area contributed by atoms with Crippen molar-refractivity contribution in [1.29, 1.82) is 0 Å². The number of nitrogens with zero attached hydrogens (tertiary/aromatic N) is 1. The Labute approximate surface area is 118 Å². The predicted octanol–water partition coefficient (Wildman–Crippen LogP) is 2.06. The summed E-state index contributed by atoms with van der Waals surface area (Å²) in [6, 6.07) is 11.1. The summed E-state index contributed by atoms with van der Waals surface area (Å²) in [5.74, 6) is 0.514. The van der Waals surface area contributed by atoms with Crippen LogP contribution in [0.5, 0.6) is 5.88 Å². The van der Waals surface area contributed by atoms with E-state index in [4.69, 9.17) is 4.74 Å². The molecule has 0 aliphatic rings. The van der Waals surface area contributed by atoms with Crippen LogP contribution in [0.4, 0.5) is 5.69 Å². The fraction of sp³-hybridized carbons (Fsp3) is 0.200. The van der Waals surface area contributed by atoms with Crippen LogP contribution in [0.2, 0.25) is 0 Å². The molecule has 0 unspecified atom stereocenters. The highest BCUT2D eigenvalue weighted by atomic mass is 16.5. The first-order chi connectivity index (χ1) is 9.72. The Balaban J connectivity index is 1.94. The number of amides is 1. The maximum absolute atomic E-state index is 11.4. The Morgan fingerprint density at radius 3 is 2.50 bits per heavy atom. The molecule has 1 heterocycles. The first-order valence-electron chi connectivity index (χ1n) is 6.28. The SMILES string of the molecule is CNC(=O)c1ccc(NCc2ccc(OC)nc2)cc1. The zero-order valence-electron chi connectivity index (χ0n) is 11.5. The highest BCUT2D eigenvalue weighted by Gasteiger charge is 2.02. The molecule has 5 heteroatoms. The molecule has 1 aromatic heterocycles. The summed E-state index contributed by atoms with van der Waals surface area (Å²) in [7, 11) is 3.21. The third-order valence-corrected chi connectivity index (χ3v) is 2.88. The monoisotopic (exact) mass is 271 g/mol. The number of aromatic nitrogens is 1. The summed E-state index contributed by atoms with van der Waals surface area (Å²) in [6.45, 7) is 0.663. The van der Waals surface area contributed by atoms with E-state index in [1.807, 2.05) is 24.3 Å². The highest BCUT2D eigenvalue weighted by Crippen LogP contribution is 2.12. The van der Waals surface area contributed by atoms with Gasteiger partial charge in [-0.25, -0.2) is 4.98 Å². The molecule has 0 bridgehead atoms. The van der Waals surface area contributed by atoms with Crippen LogP contribution in [0, 0.1) is 0 Å². The average molecular weight is 271 g/mol. The quantitative estimate of drug-likeness (QED) is 0.873. The van der Waals surface area contributed by atoms with Gasteiger partial charge in [-0.05, 0) is 29.8 Å². The van der Waals surface area contributed by atoms with Gasteiger partial charge in [-0.2, -0.15) is 0 Å². The maximum Gasteiger partial charge on any atom is 0.251 e. The zero-order chi connectivity index (χ0) is 14.4. The summed E-state index contributed by atoms with van der Waals surface area (Å²) in [4.78, 5) is 15.6. The van der Waals surface area contributed by atoms with Crippen molar-refractivity contribution in [3.63, 3.8) is 0 Å². The van der Waals surface area contributed by atoms with Crippen LogP contribution in [0.1, 0.15) is 15.9 Å². The van der Waals surface area contributed by atoms with Gasteiger partial charge in [0.2, 0.25) is 5.88 Å². The highest BCUT2D eigenvalue weighted by molar-refractivity contribution is 5.94. The number of nitrogens with one attached hydrogen (secondary N) is 2. The zero-order valence-corrected chi connectivity index (χ0v) is 11.5. The van der Waals surface area contributed by atoms with E-state index in [0.717, 1.165) is 11.3 Å². The molecule has 0 radical (unpaired) electrons. The van der Waals surface area contributed by atoms with Crippen molar-refractivity contribution in [2.24, 2.45) is 0 Å².